The minimum Gasteiger partial charge on any atom is -0.445 e. The lowest BCUT2D eigenvalue weighted by Crippen LogP contribution is -2.31. The number of para-hydroxylation sites is 1. The van der Waals surface area contributed by atoms with Crippen LogP contribution >= 0.6 is 0 Å². The van der Waals surface area contributed by atoms with Gasteiger partial charge in [-0.2, -0.15) is 0 Å². The molecule has 0 aliphatic carbocycles. The third-order valence-electron chi connectivity index (χ3n) is 5.26. The normalized spacial score (nSPS) is 16.1. The summed E-state index contributed by atoms with van der Waals surface area (Å²) in [5.74, 6) is 0. The Morgan fingerprint density at radius 1 is 0.964 bits per heavy atom. The van der Waals surface area contributed by atoms with E-state index in [1.165, 1.54) is 0 Å². The highest BCUT2D eigenvalue weighted by molar-refractivity contribution is 5.76. The average Bonchev–Trinajstić information content (AvgIpc) is 3.23. The molecule has 4 nitrogen and oxygen atoms in total. The molecule has 0 radical (unpaired) electrons. The van der Waals surface area contributed by atoms with E-state index in [0.717, 1.165) is 47.3 Å². The van der Waals surface area contributed by atoms with Crippen LogP contribution in [0.4, 0.5) is 10.5 Å². The van der Waals surface area contributed by atoms with Crippen molar-refractivity contribution < 1.29 is 9.53 Å². The number of anilines is 1. The number of carbonyl (C=O) groups is 1. The fourth-order valence-electron chi connectivity index (χ4n) is 3.78. The molecule has 4 heteroatoms. The zero-order valence-corrected chi connectivity index (χ0v) is 15.8. The number of nitrogens with two attached hydrogens (primary N) is 1. The number of rotatable bonds is 4. The molecule has 3 aromatic rings. The van der Waals surface area contributed by atoms with Gasteiger partial charge in [0.15, 0.2) is 0 Å². The first-order valence-electron chi connectivity index (χ1n) is 9.64. The van der Waals surface area contributed by atoms with E-state index in [-0.39, 0.29) is 12.1 Å². The third-order valence-corrected chi connectivity index (χ3v) is 5.26. The monoisotopic (exact) mass is 372 g/mol. The zero-order valence-electron chi connectivity index (χ0n) is 15.8. The fourth-order valence-corrected chi connectivity index (χ4v) is 3.78. The molecule has 1 amide bonds. The SMILES string of the molecule is Nc1ccccc1-c1ccc(C2CCCN2C(=O)OCc2ccccc2)cc1. The lowest BCUT2D eigenvalue weighted by atomic mass is 9.99. The van der Waals surface area contributed by atoms with Gasteiger partial charge < -0.3 is 15.4 Å². The summed E-state index contributed by atoms with van der Waals surface area (Å²) in [5.41, 5.74) is 11.1. The summed E-state index contributed by atoms with van der Waals surface area (Å²) < 4.78 is 5.54. The number of carbonyl (C=O) groups excluding carboxylic acids is 1. The quantitative estimate of drug-likeness (QED) is 0.623. The maximum absolute atomic E-state index is 12.6. The van der Waals surface area contributed by atoms with Gasteiger partial charge >= 0.3 is 6.09 Å². The zero-order chi connectivity index (χ0) is 19.3. The van der Waals surface area contributed by atoms with Gasteiger partial charge in [-0.05, 0) is 35.6 Å². The first kappa shape index (κ1) is 18.1. The second-order valence-corrected chi connectivity index (χ2v) is 7.10. The number of nitrogens with zero attached hydrogens (tertiary/aromatic N) is 1. The second-order valence-electron chi connectivity index (χ2n) is 7.10. The van der Waals surface area contributed by atoms with Crippen molar-refractivity contribution >= 4 is 11.8 Å². The molecule has 4 rings (SSSR count). The van der Waals surface area contributed by atoms with E-state index in [0.29, 0.717) is 6.61 Å². The summed E-state index contributed by atoms with van der Waals surface area (Å²) in [6.45, 7) is 1.03. The first-order valence-corrected chi connectivity index (χ1v) is 9.64. The van der Waals surface area contributed by atoms with Crippen LogP contribution in [0.25, 0.3) is 11.1 Å². The molecule has 1 aliphatic heterocycles. The van der Waals surface area contributed by atoms with Gasteiger partial charge in [0.05, 0.1) is 6.04 Å². The number of likely N-dealkylation sites (tertiary alicyclic amines) is 1. The van der Waals surface area contributed by atoms with Crippen molar-refractivity contribution in [3.63, 3.8) is 0 Å². The number of nitrogen functional groups attached to an aromatic ring is 1. The Morgan fingerprint density at radius 3 is 2.43 bits per heavy atom. The van der Waals surface area contributed by atoms with Crippen LogP contribution in [0.2, 0.25) is 0 Å². The molecule has 0 bridgehead atoms. The molecule has 1 aliphatic rings. The maximum Gasteiger partial charge on any atom is 0.410 e. The maximum atomic E-state index is 12.6. The molecule has 1 atom stereocenters. The number of amides is 1. The van der Waals surface area contributed by atoms with Crippen LogP contribution < -0.4 is 5.73 Å². The van der Waals surface area contributed by atoms with Gasteiger partial charge in [-0.1, -0.05) is 72.8 Å². The van der Waals surface area contributed by atoms with Gasteiger partial charge in [0, 0.05) is 17.8 Å². The summed E-state index contributed by atoms with van der Waals surface area (Å²) in [5, 5.41) is 0. The predicted molar refractivity (Wildman–Crippen MR) is 112 cm³/mol. The Morgan fingerprint density at radius 2 is 1.68 bits per heavy atom. The summed E-state index contributed by atoms with van der Waals surface area (Å²) in [7, 11) is 0. The fraction of sp³-hybridized carbons (Fsp3) is 0.208. The van der Waals surface area contributed by atoms with E-state index >= 15 is 0 Å². The van der Waals surface area contributed by atoms with Crippen molar-refractivity contribution in [1.82, 2.24) is 4.90 Å². The van der Waals surface area contributed by atoms with Crippen molar-refractivity contribution in [2.75, 3.05) is 12.3 Å². The van der Waals surface area contributed by atoms with Crippen molar-refractivity contribution in [2.45, 2.75) is 25.5 Å². The standard InChI is InChI=1S/C24H24N2O2/c25-22-10-5-4-9-21(22)19-12-14-20(15-13-19)23-11-6-16-26(23)24(27)28-17-18-7-2-1-3-8-18/h1-5,7-10,12-15,23H,6,11,16-17,25H2. The van der Waals surface area contributed by atoms with Crippen LogP contribution in [0.15, 0.2) is 78.9 Å². The third kappa shape index (κ3) is 3.86. The number of ether oxygens (including phenoxy) is 1. The van der Waals surface area contributed by atoms with Crippen LogP contribution in [-0.2, 0) is 11.3 Å². The Balaban J connectivity index is 1.45. The lowest BCUT2D eigenvalue weighted by Gasteiger charge is -2.24. The number of benzene rings is 3. The van der Waals surface area contributed by atoms with Gasteiger partial charge in [0.2, 0.25) is 0 Å². The molecule has 1 unspecified atom stereocenters. The van der Waals surface area contributed by atoms with E-state index in [1.54, 1.807) is 0 Å². The number of hydrogen-bond donors (Lipinski definition) is 1. The van der Waals surface area contributed by atoms with E-state index in [9.17, 15) is 4.79 Å². The van der Waals surface area contributed by atoms with Crippen LogP contribution in [0, 0.1) is 0 Å². The van der Waals surface area contributed by atoms with Crippen molar-refractivity contribution in [3.8, 4) is 11.1 Å². The van der Waals surface area contributed by atoms with Crippen LogP contribution in [-0.4, -0.2) is 17.5 Å². The molecular formula is C24H24N2O2. The molecule has 1 fully saturated rings. The average molecular weight is 372 g/mol. The molecule has 0 aromatic heterocycles. The first-order chi connectivity index (χ1) is 13.7. The Bertz CT molecular complexity index is 938. The van der Waals surface area contributed by atoms with Crippen LogP contribution in [0.3, 0.4) is 0 Å². The second kappa shape index (κ2) is 8.17. The van der Waals surface area contributed by atoms with Crippen molar-refractivity contribution in [3.05, 3.63) is 90.0 Å². The van der Waals surface area contributed by atoms with Crippen LogP contribution in [0.1, 0.15) is 30.0 Å². The van der Waals surface area contributed by atoms with E-state index in [4.69, 9.17) is 10.5 Å². The van der Waals surface area contributed by atoms with E-state index in [1.807, 2.05) is 59.5 Å². The molecule has 1 heterocycles. The molecule has 2 N–H and O–H groups in total. The molecule has 3 aromatic carbocycles. The molecule has 142 valence electrons. The summed E-state index contributed by atoms with van der Waals surface area (Å²) >= 11 is 0. The largest absolute Gasteiger partial charge is 0.445 e. The van der Waals surface area contributed by atoms with Crippen LogP contribution in [0.5, 0.6) is 0 Å². The Labute approximate surface area is 165 Å². The minimum absolute atomic E-state index is 0.0606. The van der Waals surface area contributed by atoms with Gasteiger partial charge in [-0.25, -0.2) is 4.79 Å². The van der Waals surface area contributed by atoms with Gasteiger partial charge in [-0.3, -0.25) is 0 Å². The highest BCUT2D eigenvalue weighted by atomic mass is 16.6. The topological polar surface area (TPSA) is 55.6 Å². The number of hydrogen-bond acceptors (Lipinski definition) is 3. The molecule has 28 heavy (non-hydrogen) atoms. The van der Waals surface area contributed by atoms with Gasteiger partial charge in [-0.15, -0.1) is 0 Å². The molecule has 0 saturated carbocycles. The molecule has 1 saturated heterocycles. The minimum atomic E-state index is -0.247. The summed E-state index contributed by atoms with van der Waals surface area (Å²) in [6.07, 6.45) is 1.69. The molecular weight excluding hydrogens is 348 g/mol. The van der Waals surface area contributed by atoms with Gasteiger partial charge in [0.25, 0.3) is 0 Å². The predicted octanol–water partition coefficient (Wildman–Crippen LogP) is 5.41. The summed E-state index contributed by atoms with van der Waals surface area (Å²) in [4.78, 5) is 14.5. The van der Waals surface area contributed by atoms with Crippen molar-refractivity contribution in [2.24, 2.45) is 0 Å². The Kier molecular flexibility index (Phi) is 5.29. The van der Waals surface area contributed by atoms with E-state index < -0.39 is 0 Å². The van der Waals surface area contributed by atoms with Gasteiger partial charge in [0.1, 0.15) is 6.61 Å². The molecule has 0 spiro atoms. The highest BCUT2D eigenvalue weighted by Gasteiger charge is 2.31. The van der Waals surface area contributed by atoms with E-state index in [2.05, 4.69) is 24.3 Å². The highest BCUT2D eigenvalue weighted by Crippen LogP contribution is 2.34. The summed E-state index contributed by atoms with van der Waals surface area (Å²) in [6, 6.07) is 26.0. The lowest BCUT2D eigenvalue weighted by molar-refractivity contribution is 0.0921. The van der Waals surface area contributed by atoms with Crippen molar-refractivity contribution in [1.29, 1.82) is 0 Å². The Hall–Kier alpha value is -3.27. The smallest absolute Gasteiger partial charge is 0.410 e.